The Morgan fingerprint density at radius 3 is 2.59 bits per heavy atom. The lowest BCUT2D eigenvalue weighted by atomic mass is 10.2. The summed E-state index contributed by atoms with van der Waals surface area (Å²) in [5.41, 5.74) is 4.15. The molecule has 2 rings (SSSR count). The van der Waals surface area contributed by atoms with Gasteiger partial charge in [-0.1, -0.05) is 24.3 Å². The van der Waals surface area contributed by atoms with E-state index in [0.717, 1.165) is 5.69 Å². The maximum absolute atomic E-state index is 11.0. The minimum Gasteiger partial charge on any atom is -0.321 e. The van der Waals surface area contributed by atoms with Crippen molar-refractivity contribution in [1.29, 1.82) is 0 Å². The number of hydrogen-bond donors (Lipinski definition) is 2. The Morgan fingerprint density at radius 1 is 1.23 bits per heavy atom. The normalized spacial score (nSPS) is 10.4. The first kappa shape index (κ1) is 15.2. The summed E-state index contributed by atoms with van der Waals surface area (Å²) in [6.07, 6.45) is 1.47. The lowest BCUT2D eigenvalue weighted by molar-refractivity contribution is -0.383. The molecule has 112 valence electrons. The number of hydrazone groups is 1. The highest BCUT2D eigenvalue weighted by Crippen LogP contribution is 2.25. The van der Waals surface area contributed by atoms with Gasteiger partial charge in [-0.2, -0.15) is 5.10 Å². The van der Waals surface area contributed by atoms with Crippen molar-refractivity contribution in [3.63, 3.8) is 0 Å². The molecule has 0 atom stereocenters. The summed E-state index contributed by atoms with van der Waals surface area (Å²) in [6, 6.07) is 13.8. The molecule has 0 saturated carbocycles. The van der Waals surface area contributed by atoms with Crippen molar-refractivity contribution in [3.05, 3.63) is 64.2 Å². The predicted octanol–water partition coefficient (Wildman–Crippen LogP) is 3.00. The Hall–Kier alpha value is -3.22. The number of nitro groups is 1. The Kier molecular flexibility index (Phi) is 4.81. The van der Waals surface area contributed by atoms with Crippen LogP contribution in [0.4, 0.5) is 17.1 Å². The highest BCUT2D eigenvalue weighted by atomic mass is 16.6. The van der Waals surface area contributed by atoms with Crippen LogP contribution in [0.2, 0.25) is 0 Å². The fraction of sp³-hybridized carbons (Fsp3) is 0.0667. The molecular weight excluding hydrogens is 284 g/mol. The van der Waals surface area contributed by atoms with Crippen LogP contribution < -0.4 is 10.7 Å². The lowest BCUT2D eigenvalue weighted by Gasteiger charge is -2.04. The van der Waals surface area contributed by atoms with E-state index >= 15 is 0 Å². The van der Waals surface area contributed by atoms with Crippen LogP contribution in [0, 0.1) is 10.1 Å². The Labute approximate surface area is 126 Å². The topological polar surface area (TPSA) is 96.6 Å². The summed E-state index contributed by atoms with van der Waals surface area (Å²) in [6.45, 7) is 1.29. The summed E-state index contributed by atoms with van der Waals surface area (Å²) in [7, 11) is 0. The molecule has 2 aromatic carbocycles. The number of para-hydroxylation sites is 1. The van der Waals surface area contributed by atoms with Crippen molar-refractivity contribution in [3.8, 4) is 0 Å². The maximum Gasteiger partial charge on any atom is 0.293 e. The third-order valence-electron chi connectivity index (χ3n) is 2.71. The molecule has 0 spiro atoms. The van der Waals surface area contributed by atoms with Gasteiger partial charge in [-0.25, -0.2) is 0 Å². The zero-order valence-corrected chi connectivity index (χ0v) is 11.8. The minimum atomic E-state index is -0.548. The highest BCUT2D eigenvalue weighted by molar-refractivity contribution is 5.92. The zero-order valence-electron chi connectivity index (χ0n) is 11.8. The van der Waals surface area contributed by atoms with Crippen molar-refractivity contribution in [1.82, 2.24) is 0 Å². The number of benzene rings is 2. The predicted molar refractivity (Wildman–Crippen MR) is 85.1 cm³/mol. The SMILES string of the molecule is CC(=O)Nc1ccc(C=NNc2ccccc2)cc1[N+](=O)[O-]. The molecule has 0 saturated heterocycles. The second-order valence-corrected chi connectivity index (χ2v) is 4.45. The van der Waals surface area contributed by atoms with E-state index in [-0.39, 0.29) is 17.3 Å². The molecule has 0 aliphatic rings. The summed E-state index contributed by atoms with van der Waals surface area (Å²) in [5, 5.41) is 17.5. The Bertz CT molecular complexity index is 714. The fourth-order valence-electron chi connectivity index (χ4n) is 1.77. The number of rotatable bonds is 5. The van der Waals surface area contributed by atoms with Gasteiger partial charge in [0.25, 0.3) is 5.69 Å². The first-order chi connectivity index (χ1) is 10.6. The van der Waals surface area contributed by atoms with Crippen LogP contribution in [0.15, 0.2) is 53.6 Å². The summed E-state index contributed by atoms with van der Waals surface area (Å²) >= 11 is 0. The van der Waals surface area contributed by atoms with E-state index in [2.05, 4.69) is 15.8 Å². The molecule has 2 aromatic rings. The van der Waals surface area contributed by atoms with Gasteiger partial charge in [-0.15, -0.1) is 0 Å². The van der Waals surface area contributed by atoms with Crippen LogP contribution in [0.1, 0.15) is 12.5 Å². The van der Waals surface area contributed by atoms with E-state index in [9.17, 15) is 14.9 Å². The molecule has 2 N–H and O–H groups in total. The van der Waals surface area contributed by atoms with Crippen molar-refractivity contribution in [2.24, 2.45) is 5.10 Å². The van der Waals surface area contributed by atoms with Crippen LogP contribution in [0.25, 0.3) is 0 Å². The average molecular weight is 298 g/mol. The molecule has 22 heavy (non-hydrogen) atoms. The summed E-state index contributed by atoms with van der Waals surface area (Å²) in [4.78, 5) is 21.5. The molecular formula is C15H14N4O3. The van der Waals surface area contributed by atoms with Gasteiger partial charge in [-0.3, -0.25) is 20.3 Å². The molecule has 0 radical (unpaired) electrons. The Balaban J connectivity index is 2.16. The maximum atomic E-state index is 11.0. The standard InChI is InChI=1S/C15H14N4O3/c1-11(20)17-14-8-7-12(9-15(14)19(21)22)10-16-18-13-5-3-2-4-6-13/h2-10,18H,1H3,(H,17,20). The lowest BCUT2D eigenvalue weighted by Crippen LogP contribution is -2.08. The molecule has 7 heteroatoms. The monoisotopic (exact) mass is 298 g/mol. The fourth-order valence-corrected chi connectivity index (χ4v) is 1.77. The van der Waals surface area contributed by atoms with Crippen molar-refractivity contribution in [2.45, 2.75) is 6.92 Å². The number of nitro benzene ring substituents is 1. The highest BCUT2D eigenvalue weighted by Gasteiger charge is 2.14. The first-order valence-electron chi connectivity index (χ1n) is 6.46. The molecule has 0 aliphatic heterocycles. The molecule has 0 heterocycles. The first-order valence-corrected chi connectivity index (χ1v) is 6.46. The van der Waals surface area contributed by atoms with Gasteiger partial charge >= 0.3 is 0 Å². The van der Waals surface area contributed by atoms with E-state index in [4.69, 9.17) is 0 Å². The van der Waals surface area contributed by atoms with Crippen LogP contribution in [0.5, 0.6) is 0 Å². The molecule has 0 bridgehead atoms. The van der Waals surface area contributed by atoms with Crippen LogP contribution in [-0.2, 0) is 4.79 Å². The van der Waals surface area contributed by atoms with Gasteiger partial charge in [0, 0.05) is 18.6 Å². The smallest absolute Gasteiger partial charge is 0.293 e. The summed E-state index contributed by atoms with van der Waals surface area (Å²) in [5.74, 6) is -0.365. The second-order valence-electron chi connectivity index (χ2n) is 4.45. The third-order valence-corrected chi connectivity index (χ3v) is 2.71. The van der Waals surface area contributed by atoms with Gasteiger partial charge in [0.15, 0.2) is 0 Å². The van der Waals surface area contributed by atoms with Gasteiger partial charge < -0.3 is 5.32 Å². The number of hydrogen-bond acceptors (Lipinski definition) is 5. The van der Waals surface area contributed by atoms with E-state index in [1.807, 2.05) is 30.3 Å². The van der Waals surface area contributed by atoms with E-state index in [1.54, 1.807) is 6.07 Å². The molecule has 7 nitrogen and oxygen atoms in total. The number of carbonyl (C=O) groups is 1. The number of carbonyl (C=O) groups excluding carboxylic acids is 1. The van der Waals surface area contributed by atoms with Gasteiger partial charge in [0.05, 0.1) is 16.8 Å². The van der Waals surface area contributed by atoms with Crippen LogP contribution >= 0.6 is 0 Å². The van der Waals surface area contributed by atoms with Gasteiger partial charge in [0.1, 0.15) is 5.69 Å². The number of anilines is 2. The van der Waals surface area contributed by atoms with Crippen molar-refractivity contribution in [2.75, 3.05) is 10.7 Å². The van der Waals surface area contributed by atoms with Crippen LogP contribution in [0.3, 0.4) is 0 Å². The van der Waals surface area contributed by atoms with Gasteiger partial charge in [0.2, 0.25) is 5.91 Å². The Morgan fingerprint density at radius 2 is 1.95 bits per heavy atom. The quantitative estimate of drug-likeness (QED) is 0.503. The molecule has 1 amide bonds. The number of amides is 1. The molecule has 0 unspecified atom stereocenters. The minimum absolute atomic E-state index is 0.158. The largest absolute Gasteiger partial charge is 0.321 e. The van der Waals surface area contributed by atoms with Crippen molar-refractivity contribution >= 4 is 29.2 Å². The second kappa shape index (κ2) is 6.98. The third kappa shape index (κ3) is 4.14. The van der Waals surface area contributed by atoms with Gasteiger partial charge in [-0.05, 0) is 18.2 Å². The zero-order chi connectivity index (χ0) is 15.9. The van der Waals surface area contributed by atoms with Crippen LogP contribution in [-0.4, -0.2) is 17.0 Å². The molecule has 0 aliphatic carbocycles. The summed E-state index contributed by atoms with van der Waals surface area (Å²) < 4.78 is 0. The molecule has 0 fully saturated rings. The average Bonchev–Trinajstić information content (AvgIpc) is 2.49. The van der Waals surface area contributed by atoms with E-state index in [1.165, 1.54) is 25.3 Å². The van der Waals surface area contributed by atoms with E-state index in [0.29, 0.717) is 5.56 Å². The van der Waals surface area contributed by atoms with E-state index < -0.39 is 4.92 Å². The van der Waals surface area contributed by atoms with Crippen molar-refractivity contribution < 1.29 is 9.72 Å². The number of nitrogens with one attached hydrogen (secondary N) is 2. The molecule has 0 aromatic heterocycles. The number of nitrogens with zero attached hydrogens (tertiary/aromatic N) is 2.